The summed E-state index contributed by atoms with van der Waals surface area (Å²) in [5, 5.41) is 3.60. The smallest absolute Gasteiger partial charge is 0.264 e. The molecule has 10 heteroatoms. The van der Waals surface area contributed by atoms with Crippen LogP contribution in [0, 0.1) is 13.8 Å². The molecule has 1 N–H and O–H groups in total. The van der Waals surface area contributed by atoms with Crippen LogP contribution in [0.15, 0.2) is 102 Å². The van der Waals surface area contributed by atoms with E-state index in [9.17, 15) is 18.0 Å². The van der Waals surface area contributed by atoms with Gasteiger partial charge in [0.25, 0.3) is 10.0 Å². The third-order valence-corrected chi connectivity index (χ3v) is 9.58. The van der Waals surface area contributed by atoms with E-state index >= 15 is 0 Å². The Morgan fingerprint density at radius 2 is 1.52 bits per heavy atom. The number of likely N-dealkylation sites (N-methyl/N-ethyl adjacent to an activating group) is 1. The number of benzene rings is 4. The molecule has 0 saturated carbocycles. The minimum absolute atomic E-state index is 0.0461. The highest BCUT2D eigenvalue weighted by molar-refractivity contribution is 7.92. The third kappa shape index (κ3) is 8.00. The zero-order chi connectivity index (χ0) is 31.9. The van der Waals surface area contributed by atoms with Crippen LogP contribution in [0.5, 0.6) is 0 Å². The van der Waals surface area contributed by atoms with Crippen molar-refractivity contribution in [2.45, 2.75) is 44.7 Å². The molecule has 1 atom stereocenters. The Hall–Kier alpha value is -3.85. The molecule has 0 spiro atoms. The van der Waals surface area contributed by atoms with Gasteiger partial charge >= 0.3 is 0 Å². The standard InChI is InChI=1S/C34H35Cl2N3O4S/c1-4-37-34(41)32(20-26-11-7-5-8-12-26)38(22-27-17-18-28(35)21-30(27)36)33(40)23-39(31-19-24(2)15-16-25(31)3)44(42,43)29-13-9-6-10-14-29/h5-19,21,32H,4,20,22-23H2,1-3H3,(H,37,41)/t32-/m0/s1. The highest BCUT2D eigenvalue weighted by Gasteiger charge is 2.35. The molecule has 7 nitrogen and oxygen atoms in total. The van der Waals surface area contributed by atoms with Crippen LogP contribution in [0.1, 0.15) is 29.2 Å². The lowest BCUT2D eigenvalue weighted by Crippen LogP contribution is -2.53. The van der Waals surface area contributed by atoms with Crippen LogP contribution in [0.25, 0.3) is 0 Å². The number of nitrogens with zero attached hydrogens (tertiary/aromatic N) is 2. The van der Waals surface area contributed by atoms with Crippen molar-refractivity contribution in [3.8, 4) is 0 Å². The Balaban J connectivity index is 1.84. The molecule has 0 bridgehead atoms. The molecule has 230 valence electrons. The molecule has 0 saturated heterocycles. The first-order chi connectivity index (χ1) is 21.0. The second-order valence-electron chi connectivity index (χ2n) is 10.5. The lowest BCUT2D eigenvalue weighted by molar-refractivity contribution is -0.140. The van der Waals surface area contributed by atoms with Gasteiger partial charge in [-0.25, -0.2) is 8.42 Å². The number of carbonyl (C=O) groups is 2. The minimum atomic E-state index is -4.18. The third-order valence-electron chi connectivity index (χ3n) is 7.22. The molecule has 0 aliphatic carbocycles. The van der Waals surface area contributed by atoms with Crippen LogP contribution in [0.4, 0.5) is 5.69 Å². The first kappa shape index (κ1) is 33.1. The van der Waals surface area contributed by atoms with Crippen molar-refractivity contribution in [2.24, 2.45) is 0 Å². The summed E-state index contributed by atoms with van der Waals surface area (Å²) in [4.78, 5) is 29.6. The summed E-state index contributed by atoms with van der Waals surface area (Å²) in [6.45, 7) is 5.22. The molecule has 4 aromatic carbocycles. The van der Waals surface area contributed by atoms with Crippen molar-refractivity contribution in [2.75, 3.05) is 17.4 Å². The molecule has 0 aromatic heterocycles. The monoisotopic (exact) mass is 651 g/mol. The Morgan fingerprint density at radius 3 is 2.16 bits per heavy atom. The van der Waals surface area contributed by atoms with E-state index < -0.39 is 28.5 Å². The van der Waals surface area contributed by atoms with Gasteiger partial charge in [0.1, 0.15) is 12.6 Å². The molecule has 0 radical (unpaired) electrons. The van der Waals surface area contributed by atoms with Crippen LogP contribution < -0.4 is 9.62 Å². The number of hydrogen-bond acceptors (Lipinski definition) is 4. The molecule has 44 heavy (non-hydrogen) atoms. The first-order valence-corrected chi connectivity index (χ1v) is 16.4. The SMILES string of the molecule is CCNC(=O)[C@H](Cc1ccccc1)N(Cc1ccc(Cl)cc1Cl)C(=O)CN(c1cc(C)ccc1C)S(=O)(=O)c1ccccc1. The summed E-state index contributed by atoms with van der Waals surface area (Å²) in [6.07, 6.45) is 0.207. The molecular weight excluding hydrogens is 617 g/mol. The molecule has 0 heterocycles. The molecule has 0 fully saturated rings. The van der Waals surface area contributed by atoms with Crippen LogP contribution in [0.2, 0.25) is 10.0 Å². The fraction of sp³-hybridized carbons (Fsp3) is 0.235. The second kappa shape index (κ2) is 14.8. The van der Waals surface area contributed by atoms with Gasteiger partial charge in [0.2, 0.25) is 11.8 Å². The van der Waals surface area contributed by atoms with Gasteiger partial charge < -0.3 is 10.2 Å². The van der Waals surface area contributed by atoms with E-state index in [2.05, 4.69) is 5.32 Å². The van der Waals surface area contributed by atoms with Gasteiger partial charge in [-0.15, -0.1) is 0 Å². The highest BCUT2D eigenvalue weighted by atomic mass is 35.5. The predicted octanol–water partition coefficient (Wildman–Crippen LogP) is 6.58. The number of sulfonamides is 1. The summed E-state index contributed by atoms with van der Waals surface area (Å²) >= 11 is 12.7. The van der Waals surface area contributed by atoms with Crippen LogP contribution >= 0.6 is 23.2 Å². The van der Waals surface area contributed by atoms with E-state index in [4.69, 9.17) is 23.2 Å². The van der Waals surface area contributed by atoms with E-state index in [-0.39, 0.29) is 23.8 Å². The average molecular weight is 653 g/mol. The summed E-state index contributed by atoms with van der Waals surface area (Å²) in [5.74, 6) is -0.928. The summed E-state index contributed by atoms with van der Waals surface area (Å²) < 4.78 is 29.4. The number of hydrogen-bond donors (Lipinski definition) is 1. The van der Waals surface area contributed by atoms with Gasteiger partial charge in [-0.1, -0.05) is 89.9 Å². The highest BCUT2D eigenvalue weighted by Crippen LogP contribution is 2.29. The maximum absolute atomic E-state index is 14.5. The van der Waals surface area contributed by atoms with E-state index in [0.29, 0.717) is 33.4 Å². The van der Waals surface area contributed by atoms with E-state index in [1.165, 1.54) is 17.0 Å². The first-order valence-electron chi connectivity index (χ1n) is 14.2. The molecule has 4 aromatic rings. The molecule has 0 aliphatic heterocycles. The number of nitrogens with one attached hydrogen (secondary N) is 1. The summed E-state index contributed by atoms with van der Waals surface area (Å²) in [6, 6.07) is 26.8. The van der Waals surface area contributed by atoms with Gasteiger partial charge in [0, 0.05) is 29.6 Å². The Labute approximate surface area is 269 Å². The van der Waals surface area contributed by atoms with Gasteiger partial charge in [-0.2, -0.15) is 0 Å². The van der Waals surface area contributed by atoms with Crippen molar-refractivity contribution < 1.29 is 18.0 Å². The van der Waals surface area contributed by atoms with E-state index in [0.717, 1.165) is 15.4 Å². The number of anilines is 1. The minimum Gasteiger partial charge on any atom is -0.355 e. The topological polar surface area (TPSA) is 86.8 Å². The summed E-state index contributed by atoms with van der Waals surface area (Å²) in [7, 11) is -4.18. The Morgan fingerprint density at radius 1 is 0.864 bits per heavy atom. The molecule has 4 rings (SSSR count). The van der Waals surface area contributed by atoms with Crippen molar-refractivity contribution in [3.63, 3.8) is 0 Å². The molecular formula is C34H35Cl2N3O4S. The maximum Gasteiger partial charge on any atom is 0.264 e. The second-order valence-corrected chi connectivity index (χ2v) is 13.2. The fourth-order valence-corrected chi connectivity index (χ4v) is 6.86. The van der Waals surface area contributed by atoms with Gasteiger partial charge in [-0.3, -0.25) is 13.9 Å². The zero-order valence-electron chi connectivity index (χ0n) is 24.8. The Kier molecular flexibility index (Phi) is 11.1. The number of halogens is 2. The number of amides is 2. The van der Waals surface area contributed by atoms with Crippen LogP contribution in [-0.2, 0) is 32.6 Å². The lowest BCUT2D eigenvalue weighted by atomic mass is 10.0. The summed E-state index contributed by atoms with van der Waals surface area (Å²) in [5.41, 5.74) is 3.30. The van der Waals surface area contributed by atoms with E-state index in [1.807, 2.05) is 49.4 Å². The molecule has 0 aliphatic rings. The largest absolute Gasteiger partial charge is 0.355 e. The van der Waals surface area contributed by atoms with Crippen LogP contribution in [0.3, 0.4) is 0 Å². The molecule has 2 amide bonds. The van der Waals surface area contributed by atoms with Crippen molar-refractivity contribution in [1.29, 1.82) is 0 Å². The number of rotatable bonds is 12. The van der Waals surface area contributed by atoms with Crippen LogP contribution in [-0.4, -0.2) is 44.3 Å². The quantitative estimate of drug-likeness (QED) is 0.187. The number of aryl methyl sites for hydroxylation is 2. The van der Waals surface area contributed by atoms with Gasteiger partial charge in [-0.05, 0) is 73.4 Å². The van der Waals surface area contributed by atoms with Crippen molar-refractivity contribution >= 4 is 50.7 Å². The zero-order valence-corrected chi connectivity index (χ0v) is 27.2. The number of carbonyl (C=O) groups excluding carboxylic acids is 2. The maximum atomic E-state index is 14.5. The van der Waals surface area contributed by atoms with Crippen molar-refractivity contribution in [3.05, 3.63) is 129 Å². The normalized spacial score (nSPS) is 11.9. The molecule has 0 unspecified atom stereocenters. The van der Waals surface area contributed by atoms with Gasteiger partial charge in [0.05, 0.1) is 10.6 Å². The average Bonchev–Trinajstić information content (AvgIpc) is 3.01. The van der Waals surface area contributed by atoms with Crippen molar-refractivity contribution in [1.82, 2.24) is 10.2 Å². The van der Waals surface area contributed by atoms with Gasteiger partial charge in [0.15, 0.2) is 0 Å². The predicted molar refractivity (Wildman–Crippen MR) is 177 cm³/mol. The Bertz CT molecular complexity index is 1720. The van der Waals surface area contributed by atoms with E-state index in [1.54, 1.807) is 56.3 Å². The lowest BCUT2D eigenvalue weighted by Gasteiger charge is -2.34. The fourth-order valence-electron chi connectivity index (χ4n) is 4.90.